The number of nitrogens with two attached hydrogens (primary N) is 1. The van der Waals surface area contributed by atoms with Gasteiger partial charge in [0, 0.05) is 18.0 Å². The van der Waals surface area contributed by atoms with Gasteiger partial charge in [0.2, 0.25) is 5.91 Å². The van der Waals surface area contributed by atoms with Crippen LogP contribution in [0.3, 0.4) is 0 Å². The topological polar surface area (TPSA) is 81.2 Å². The molecule has 102 valence electrons. The van der Waals surface area contributed by atoms with Crippen LogP contribution >= 0.6 is 0 Å². The van der Waals surface area contributed by atoms with E-state index in [1.54, 1.807) is 0 Å². The van der Waals surface area contributed by atoms with Crippen LogP contribution in [0.2, 0.25) is 0 Å². The van der Waals surface area contributed by atoms with Gasteiger partial charge < -0.3 is 15.6 Å². The Bertz CT molecular complexity index is 381. The van der Waals surface area contributed by atoms with E-state index in [1.165, 1.54) is 0 Å². The van der Waals surface area contributed by atoms with Crippen LogP contribution in [0.4, 0.5) is 0 Å². The minimum Gasteiger partial charge on any atom is -0.361 e. The molecule has 3 N–H and O–H groups in total. The van der Waals surface area contributed by atoms with Crippen LogP contribution in [-0.2, 0) is 4.79 Å². The molecule has 0 radical (unpaired) electrons. The zero-order valence-corrected chi connectivity index (χ0v) is 11.6. The van der Waals surface area contributed by atoms with E-state index < -0.39 is 0 Å². The van der Waals surface area contributed by atoms with Crippen molar-refractivity contribution in [1.82, 2.24) is 10.5 Å². The van der Waals surface area contributed by atoms with Crippen molar-refractivity contribution in [1.29, 1.82) is 0 Å². The number of hydrogen-bond acceptors (Lipinski definition) is 4. The highest BCUT2D eigenvalue weighted by molar-refractivity contribution is 5.77. The summed E-state index contributed by atoms with van der Waals surface area (Å²) in [7, 11) is 0. The van der Waals surface area contributed by atoms with Crippen molar-refractivity contribution in [2.24, 2.45) is 5.73 Å². The molecule has 1 rings (SSSR count). The third kappa shape index (κ3) is 3.84. The maximum Gasteiger partial charge on any atom is 0.222 e. The number of carbonyl (C=O) groups excluding carboxylic acids is 1. The Morgan fingerprint density at radius 2 is 2.17 bits per heavy atom. The van der Waals surface area contributed by atoms with Gasteiger partial charge in [0.1, 0.15) is 5.76 Å². The Hall–Kier alpha value is -1.36. The standard InChI is InChI=1S/C13H23N3O2/c1-5-6-11(14)7-12(17)15-8(2)13-9(3)16-18-10(13)4/h8,11H,5-7,14H2,1-4H3,(H,15,17). The molecular formula is C13H23N3O2. The lowest BCUT2D eigenvalue weighted by Gasteiger charge is -2.16. The number of aryl methyl sites for hydroxylation is 2. The second kappa shape index (κ2) is 6.54. The fraction of sp³-hybridized carbons (Fsp3) is 0.692. The summed E-state index contributed by atoms with van der Waals surface area (Å²) in [6.45, 7) is 7.71. The van der Waals surface area contributed by atoms with Gasteiger partial charge in [0.15, 0.2) is 0 Å². The summed E-state index contributed by atoms with van der Waals surface area (Å²) in [6.07, 6.45) is 2.22. The van der Waals surface area contributed by atoms with Crippen LogP contribution < -0.4 is 11.1 Å². The molecule has 0 spiro atoms. The molecule has 0 aliphatic heterocycles. The van der Waals surface area contributed by atoms with E-state index in [9.17, 15) is 4.79 Å². The summed E-state index contributed by atoms with van der Waals surface area (Å²) in [5, 5.41) is 6.82. The molecule has 18 heavy (non-hydrogen) atoms. The van der Waals surface area contributed by atoms with Gasteiger partial charge in [-0.05, 0) is 27.2 Å². The summed E-state index contributed by atoms with van der Waals surface area (Å²) >= 11 is 0. The Morgan fingerprint density at radius 1 is 1.50 bits per heavy atom. The van der Waals surface area contributed by atoms with Gasteiger partial charge in [-0.1, -0.05) is 18.5 Å². The summed E-state index contributed by atoms with van der Waals surface area (Å²) in [5.74, 6) is 0.724. The van der Waals surface area contributed by atoms with Crippen LogP contribution in [0.1, 0.15) is 56.2 Å². The van der Waals surface area contributed by atoms with E-state index in [4.69, 9.17) is 10.3 Å². The third-order valence-corrected chi connectivity index (χ3v) is 3.01. The highest BCUT2D eigenvalue weighted by atomic mass is 16.5. The van der Waals surface area contributed by atoms with Crippen molar-refractivity contribution in [3.63, 3.8) is 0 Å². The first kappa shape index (κ1) is 14.7. The summed E-state index contributed by atoms with van der Waals surface area (Å²) in [4.78, 5) is 11.8. The van der Waals surface area contributed by atoms with Crippen LogP contribution in [0.25, 0.3) is 0 Å². The normalized spacial score (nSPS) is 14.3. The molecule has 1 heterocycles. The lowest BCUT2D eigenvalue weighted by Crippen LogP contribution is -2.33. The fourth-order valence-electron chi connectivity index (χ4n) is 2.19. The molecule has 1 amide bonds. The van der Waals surface area contributed by atoms with Crippen LogP contribution in [0.15, 0.2) is 4.52 Å². The summed E-state index contributed by atoms with van der Waals surface area (Å²) < 4.78 is 5.09. The van der Waals surface area contributed by atoms with Crippen LogP contribution in [0, 0.1) is 13.8 Å². The van der Waals surface area contributed by atoms with Crippen LogP contribution in [0.5, 0.6) is 0 Å². The third-order valence-electron chi connectivity index (χ3n) is 3.01. The molecule has 2 unspecified atom stereocenters. The Labute approximate surface area is 108 Å². The van der Waals surface area contributed by atoms with Gasteiger partial charge in [-0.2, -0.15) is 0 Å². The van der Waals surface area contributed by atoms with Crippen molar-refractivity contribution in [3.8, 4) is 0 Å². The molecule has 0 bridgehead atoms. The molecule has 5 nitrogen and oxygen atoms in total. The molecule has 5 heteroatoms. The average Bonchev–Trinajstić information content (AvgIpc) is 2.58. The van der Waals surface area contributed by atoms with E-state index in [1.807, 2.05) is 20.8 Å². The number of hydrogen-bond donors (Lipinski definition) is 2. The molecule has 1 aromatic heterocycles. The predicted molar refractivity (Wildman–Crippen MR) is 70.0 cm³/mol. The molecule has 0 saturated heterocycles. The smallest absolute Gasteiger partial charge is 0.222 e. The Morgan fingerprint density at radius 3 is 2.67 bits per heavy atom. The first-order chi connectivity index (χ1) is 8.45. The summed E-state index contributed by atoms with van der Waals surface area (Å²) in [5.41, 5.74) is 7.62. The molecule has 0 aliphatic rings. The van der Waals surface area contributed by atoms with Crippen molar-refractivity contribution in [3.05, 3.63) is 17.0 Å². The van der Waals surface area contributed by atoms with Crippen molar-refractivity contribution in [2.75, 3.05) is 0 Å². The van der Waals surface area contributed by atoms with E-state index in [0.29, 0.717) is 6.42 Å². The van der Waals surface area contributed by atoms with Crippen LogP contribution in [-0.4, -0.2) is 17.1 Å². The predicted octanol–water partition coefficient (Wildman–Crippen LogP) is 1.99. The molecular weight excluding hydrogens is 230 g/mol. The van der Waals surface area contributed by atoms with E-state index in [-0.39, 0.29) is 18.0 Å². The summed E-state index contributed by atoms with van der Waals surface area (Å²) in [6, 6.07) is -0.163. The second-order valence-corrected chi connectivity index (χ2v) is 4.78. The van der Waals surface area contributed by atoms with E-state index >= 15 is 0 Å². The minimum absolute atomic E-state index is 0.0246. The van der Waals surface area contributed by atoms with Crippen molar-refractivity contribution < 1.29 is 9.32 Å². The Kier molecular flexibility index (Phi) is 5.34. The van der Waals surface area contributed by atoms with Gasteiger partial charge in [0.25, 0.3) is 0 Å². The largest absolute Gasteiger partial charge is 0.361 e. The maximum absolute atomic E-state index is 11.8. The molecule has 0 aromatic carbocycles. The monoisotopic (exact) mass is 253 g/mol. The second-order valence-electron chi connectivity index (χ2n) is 4.78. The first-order valence-corrected chi connectivity index (χ1v) is 6.43. The average molecular weight is 253 g/mol. The number of carbonyl (C=O) groups is 1. The highest BCUT2D eigenvalue weighted by Gasteiger charge is 2.19. The van der Waals surface area contributed by atoms with Crippen molar-refractivity contribution >= 4 is 5.91 Å². The number of nitrogens with one attached hydrogen (secondary N) is 1. The van der Waals surface area contributed by atoms with E-state index in [2.05, 4.69) is 17.4 Å². The number of aromatic nitrogens is 1. The number of amides is 1. The lowest BCUT2D eigenvalue weighted by atomic mass is 10.1. The van der Waals surface area contributed by atoms with Gasteiger partial charge in [0.05, 0.1) is 11.7 Å². The van der Waals surface area contributed by atoms with Gasteiger partial charge >= 0.3 is 0 Å². The SMILES string of the molecule is CCCC(N)CC(=O)NC(C)c1c(C)noc1C. The number of nitrogens with zero attached hydrogens (tertiary/aromatic N) is 1. The zero-order valence-electron chi connectivity index (χ0n) is 11.6. The van der Waals surface area contributed by atoms with Gasteiger partial charge in [-0.15, -0.1) is 0 Å². The van der Waals surface area contributed by atoms with Crippen molar-refractivity contribution in [2.45, 2.75) is 59.0 Å². The van der Waals surface area contributed by atoms with Gasteiger partial charge in [-0.25, -0.2) is 0 Å². The zero-order chi connectivity index (χ0) is 13.7. The molecule has 0 saturated carbocycles. The van der Waals surface area contributed by atoms with E-state index in [0.717, 1.165) is 29.9 Å². The quantitative estimate of drug-likeness (QED) is 0.812. The molecule has 2 atom stereocenters. The molecule has 1 aromatic rings. The molecule has 0 aliphatic carbocycles. The highest BCUT2D eigenvalue weighted by Crippen LogP contribution is 2.20. The molecule has 0 fully saturated rings. The Balaban J connectivity index is 2.55. The minimum atomic E-state index is -0.0995. The first-order valence-electron chi connectivity index (χ1n) is 6.43. The lowest BCUT2D eigenvalue weighted by molar-refractivity contribution is -0.122. The van der Waals surface area contributed by atoms with Gasteiger partial charge in [-0.3, -0.25) is 4.79 Å². The number of rotatable bonds is 6. The maximum atomic E-state index is 11.8. The fourth-order valence-corrected chi connectivity index (χ4v) is 2.19.